The van der Waals surface area contributed by atoms with Crippen LogP contribution in [0.1, 0.15) is 67.5 Å². The Labute approximate surface area is 153 Å². The Kier molecular flexibility index (Phi) is 5.74. The number of hydrogen-bond acceptors (Lipinski definition) is 4. The van der Waals surface area contributed by atoms with E-state index in [0.29, 0.717) is 40.8 Å². The Hall–Kier alpha value is -1.88. The van der Waals surface area contributed by atoms with Crippen molar-refractivity contribution in [1.29, 1.82) is 0 Å². The maximum Gasteiger partial charge on any atom is 0.155 e. The lowest BCUT2D eigenvalue weighted by Crippen LogP contribution is -2.26. The minimum Gasteiger partial charge on any atom is -0.491 e. The Morgan fingerprint density at radius 2 is 2.16 bits per heavy atom. The molecule has 3 rings (SSSR count). The minimum atomic E-state index is 0.325. The van der Waals surface area contributed by atoms with Gasteiger partial charge in [0.1, 0.15) is 5.75 Å². The number of ether oxygens (including phenoxy) is 1. The normalized spacial score (nSPS) is 20.6. The number of nitrogens with zero attached hydrogens (tertiary/aromatic N) is 3. The van der Waals surface area contributed by atoms with Crippen molar-refractivity contribution in [2.75, 3.05) is 6.61 Å². The van der Waals surface area contributed by atoms with Crippen molar-refractivity contribution in [1.82, 2.24) is 14.8 Å². The molecule has 0 N–H and O–H groups in total. The third-order valence-corrected chi connectivity index (χ3v) is 5.25. The first kappa shape index (κ1) is 17.9. The lowest BCUT2D eigenvalue weighted by Gasteiger charge is -2.32. The van der Waals surface area contributed by atoms with Gasteiger partial charge in [0.05, 0.1) is 23.4 Å². The monoisotopic (exact) mass is 361 g/mol. The van der Waals surface area contributed by atoms with Gasteiger partial charge in [0, 0.05) is 36.0 Å². The van der Waals surface area contributed by atoms with E-state index in [0.717, 1.165) is 19.1 Å². The van der Waals surface area contributed by atoms with Crippen molar-refractivity contribution in [2.45, 2.75) is 51.5 Å². The Morgan fingerprint density at radius 1 is 1.36 bits per heavy atom. The topological polar surface area (TPSA) is 57.0 Å². The van der Waals surface area contributed by atoms with Gasteiger partial charge >= 0.3 is 0 Å². The van der Waals surface area contributed by atoms with Gasteiger partial charge in [-0.15, -0.1) is 0 Å². The van der Waals surface area contributed by atoms with Gasteiger partial charge in [0.2, 0.25) is 0 Å². The zero-order valence-corrected chi connectivity index (χ0v) is 15.4. The molecule has 0 aromatic carbocycles. The van der Waals surface area contributed by atoms with Crippen molar-refractivity contribution in [2.24, 2.45) is 5.92 Å². The first-order valence-corrected chi connectivity index (χ1v) is 9.24. The second-order valence-corrected chi connectivity index (χ2v) is 7.31. The van der Waals surface area contributed by atoms with Gasteiger partial charge in [0.25, 0.3) is 0 Å². The zero-order valence-electron chi connectivity index (χ0n) is 14.7. The van der Waals surface area contributed by atoms with Crippen molar-refractivity contribution in [3.05, 3.63) is 40.9 Å². The van der Waals surface area contributed by atoms with Gasteiger partial charge < -0.3 is 4.74 Å². The van der Waals surface area contributed by atoms with E-state index in [1.165, 1.54) is 24.7 Å². The second-order valence-electron chi connectivity index (χ2n) is 6.91. The molecule has 2 atom stereocenters. The number of aldehydes is 1. The molecule has 6 heteroatoms. The number of halogens is 1. The maximum absolute atomic E-state index is 11.3. The van der Waals surface area contributed by atoms with E-state index in [-0.39, 0.29) is 0 Å². The number of aromatic nitrogens is 3. The summed E-state index contributed by atoms with van der Waals surface area (Å²) in [4.78, 5) is 15.3. The predicted octanol–water partition coefficient (Wildman–Crippen LogP) is 4.68. The number of rotatable bonds is 6. The molecule has 0 saturated heterocycles. The van der Waals surface area contributed by atoms with Crippen LogP contribution < -0.4 is 4.74 Å². The van der Waals surface area contributed by atoms with Crippen molar-refractivity contribution in [3.8, 4) is 5.75 Å². The molecule has 2 unspecified atom stereocenters. The van der Waals surface area contributed by atoms with Crippen LogP contribution in [-0.2, 0) is 0 Å². The quantitative estimate of drug-likeness (QED) is 0.701. The highest BCUT2D eigenvalue weighted by Crippen LogP contribution is 2.39. The lowest BCUT2D eigenvalue weighted by molar-refractivity contribution is 0.111. The molecule has 0 bridgehead atoms. The summed E-state index contributed by atoms with van der Waals surface area (Å²) in [6.45, 7) is 4.86. The molecule has 0 amide bonds. The molecule has 1 saturated carbocycles. The summed E-state index contributed by atoms with van der Waals surface area (Å²) in [5.74, 6) is 1.27. The molecule has 1 aliphatic rings. The summed E-state index contributed by atoms with van der Waals surface area (Å²) in [6, 6.07) is 2.47. The van der Waals surface area contributed by atoms with Crippen LogP contribution in [0.4, 0.5) is 0 Å². The summed E-state index contributed by atoms with van der Waals surface area (Å²) in [5.41, 5.74) is 1.65. The van der Waals surface area contributed by atoms with Crippen LogP contribution in [0.15, 0.2) is 24.7 Å². The predicted molar refractivity (Wildman–Crippen MR) is 97.4 cm³/mol. The van der Waals surface area contributed by atoms with Crippen LogP contribution in [0.2, 0.25) is 5.02 Å². The van der Waals surface area contributed by atoms with Crippen LogP contribution in [0.25, 0.3) is 0 Å². The highest BCUT2D eigenvalue weighted by Gasteiger charge is 2.30. The van der Waals surface area contributed by atoms with Crippen molar-refractivity contribution < 1.29 is 9.53 Å². The Balaban J connectivity index is 1.77. The fraction of sp³-hybridized carbons (Fsp3) is 0.526. The molecule has 2 heterocycles. The summed E-state index contributed by atoms with van der Waals surface area (Å²) in [5, 5.41) is 4.81. The smallest absolute Gasteiger partial charge is 0.155 e. The standard InChI is InChI=1S/C19H24ClN3O2/c1-13(2)23-18(7-8-22-23)15-6-4-3-5-14(15)12-25-19-10-21-9-17(20)16(19)11-24/h7-11,13-15H,3-6,12H2,1-2H3. The van der Waals surface area contributed by atoms with Crippen molar-refractivity contribution >= 4 is 17.9 Å². The minimum absolute atomic E-state index is 0.325. The molecule has 2 aromatic heterocycles. The van der Waals surface area contributed by atoms with Crippen LogP contribution in [0.3, 0.4) is 0 Å². The van der Waals surface area contributed by atoms with E-state index in [2.05, 4.69) is 34.7 Å². The molecule has 2 aromatic rings. The summed E-state index contributed by atoms with van der Waals surface area (Å²) in [7, 11) is 0. The lowest BCUT2D eigenvalue weighted by atomic mass is 9.77. The number of hydrogen-bond donors (Lipinski definition) is 0. The molecule has 5 nitrogen and oxygen atoms in total. The second kappa shape index (κ2) is 8.00. The van der Waals surface area contributed by atoms with E-state index in [1.54, 1.807) is 6.20 Å². The fourth-order valence-corrected chi connectivity index (χ4v) is 3.89. The average molecular weight is 362 g/mol. The highest BCUT2D eigenvalue weighted by molar-refractivity contribution is 6.33. The molecule has 134 valence electrons. The first-order valence-electron chi connectivity index (χ1n) is 8.86. The molecule has 1 fully saturated rings. The summed E-state index contributed by atoms with van der Waals surface area (Å²) >= 11 is 6.03. The number of carbonyl (C=O) groups is 1. The number of pyridine rings is 1. The van der Waals surface area contributed by atoms with E-state index in [9.17, 15) is 4.79 Å². The molecular formula is C19H24ClN3O2. The Morgan fingerprint density at radius 3 is 2.92 bits per heavy atom. The fourth-order valence-electron chi connectivity index (χ4n) is 3.70. The molecule has 1 aliphatic carbocycles. The van der Waals surface area contributed by atoms with E-state index >= 15 is 0 Å². The SMILES string of the molecule is CC(C)n1nccc1C1CCCCC1COc1cncc(Cl)c1C=O. The van der Waals surface area contributed by atoms with Gasteiger partial charge in [-0.3, -0.25) is 14.5 Å². The summed E-state index contributed by atoms with van der Waals surface area (Å²) < 4.78 is 8.08. The van der Waals surface area contributed by atoms with E-state index in [1.807, 2.05) is 6.20 Å². The van der Waals surface area contributed by atoms with E-state index in [4.69, 9.17) is 16.3 Å². The zero-order chi connectivity index (χ0) is 17.8. The van der Waals surface area contributed by atoms with Crippen LogP contribution in [-0.4, -0.2) is 27.7 Å². The average Bonchev–Trinajstić information content (AvgIpc) is 3.10. The van der Waals surface area contributed by atoms with Crippen LogP contribution in [0.5, 0.6) is 5.75 Å². The Bertz CT molecular complexity index is 729. The van der Waals surface area contributed by atoms with Crippen LogP contribution >= 0.6 is 11.6 Å². The third kappa shape index (κ3) is 3.87. The van der Waals surface area contributed by atoms with Crippen molar-refractivity contribution in [3.63, 3.8) is 0 Å². The number of carbonyl (C=O) groups excluding carboxylic acids is 1. The van der Waals surface area contributed by atoms with Gasteiger partial charge in [-0.2, -0.15) is 5.10 Å². The highest BCUT2D eigenvalue weighted by atomic mass is 35.5. The summed E-state index contributed by atoms with van der Waals surface area (Å²) in [6.07, 6.45) is 10.3. The maximum atomic E-state index is 11.3. The third-order valence-electron chi connectivity index (χ3n) is 4.95. The molecule has 0 aliphatic heterocycles. The first-order chi connectivity index (χ1) is 12.1. The van der Waals surface area contributed by atoms with Gasteiger partial charge in [-0.1, -0.05) is 24.4 Å². The van der Waals surface area contributed by atoms with E-state index < -0.39 is 0 Å². The molecule has 0 radical (unpaired) electrons. The van der Waals surface area contributed by atoms with Crippen LogP contribution in [0, 0.1) is 5.92 Å². The van der Waals surface area contributed by atoms with Gasteiger partial charge in [-0.05, 0) is 32.8 Å². The molecule has 25 heavy (non-hydrogen) atoms. The molecule has 0 spiro atoms. The largest absolute Gasteiger partial charge is 0.491 e. The van der Waals surface area contributed by atoms with Gasteiger partial charge in [-0.25, -0.2) is 0 Å². The van der Waals surface area contributed by atoms with Gasteiger partial charge in [0.15, 0.2) is 6.29 Å². The molecular weight excluding hydrogens is 338 g/mol.